The van der Waals surface area contributed by atoms with Crippen LogP contribution in [0.5, 0.6) is 5.75 Å². The van der Waals surface area contributed by atoms with Gasteiger partial charge < -0.3 is 23.4 Å². The maximum Gasteiger partial charge on any atom is 0.344 e. The lowest BCUT2D eigenvalue weighted by atomic mass is 9.99. The lowest BCUT2D eigenvalue weighted by Crippen LogP contribution is -2.50. The van der Waals surface area contributed by atoms with Gasteiger partial charge in [0.05, 0.1) is 31.5 Å². The molecule has 2 aromatic carbocycles. The number of methoxy groups -OCH3 is 2. The number of quaternary nitrogens is 1. The quantitative estimate of drug-likeness (QED) is 0.208. The molecule has 2 aromatic heterocycles. The van der Waals surface area contributed by atoms with Crippen molar-refractivity contribution < 1.29 is 32.9 Å². The second-order valence-electron chi connectivity index (χ2n) is 8.24. The standard InChI is InChI=1S/C26H27NO8/c1-31-12-10-27(33-3,11-13-32-2)16-21-22(28)9-8-18-19(15-24(29)35-25(18)21)20-14-17-6-4-5-7-23(17)34-26(20)30/h4-9,14-15H,10-13,16H2,1-3H3/p+1. The van der Waals surface area contributed by atoms with Crippen LogP contribution in [0.2, 0.25) is 0 Å². The summed E-state index contributed by atoms with van der Waals surface area (Å²) in [5.74, 6) is -0.0577. The molecule has 0 fully saturated rings. The van der Waals surface area contributed by atoms with Crippen LogP contribution in [0.1, 0.15) is 5.56 Å². The summed E-state index contributed by atoms with van der Waals surface area (Å²) >= 11 is 0. The zero-order valence-electron chi connectivity index (χ0n) is 19.9. The molecule has 1 N–H and O–H groups in total. The fourth-order valence-corrected chi connectivity index (χ4v) is 4.22. The van der Waals surface area contributed by atoms with Crippen LogP contribution in [0.3, 0.4) is 0 Å². The van der Waals surface area contributed by atoms with E-state index in [2.05, 4.69) is 0 Å². The zero-order valence-corrected chi connectivity index (χ0v) is 19.9. The van der Waals surface area contributed by atoms with Gasteiger partial charge in [-0.2, -0.15) is 4.65 Å². The fourth-order valence-electron chi connectivity index (χ4n) is 4.22. The number of ether oxygens (including phenoxy) is 2. The van der Waals surface area contributed by atoms with Crippen LogP contribution in [-0.2, 0) is 20.9 Å². The molecule has 4 rings (SSSR count). The van der Waals surface area contributed by atoms with Gasteiger partial charge in [0, 0.05) is 36.6 Å². The number of hydroxylamine groups is 3. The van der Waals surface area contributed by atoms with Crippen molar-refractivity contribution in [3.05, 3.63) is 74.9 Å². The Morgan fingerprint density at radius 2 is 1.60 bits per heavy atom. The minimum absolute atomic E-state index is 0.0560. The van der Waals surface area contributed by atoms with E-state index in [-0.39, 0.29) is 28.1 Å². The smallest absolute Gasteiger partial charge is 0.344 e. The number of phenolic OH excluding ortho intramolecular Hbond substituents is 1. The highest BCUT2D eigenvalue weighted by atomic mass is 16.7. The summed E-state index contributed by atoms with van der Waals surface area (Å²) in [7, 11) is 4.75. The first-order valence-corrected chi connectivity index (χ1v) is 11.1. The average Bonchev–Trinajstić information content (AvgIpc) is 2.86. The lowest BCUT2D eigenvalue weighted by Gasteiger charge is -2.34. The highest BCUT2D eigenvalue weighted by molar-refractivity contribution is 5.96. The van der Waals surface area contributed by atoms with E-state index < -0.39 is 11.3 Å². The molecular weight excluding hydrogens is 454 g/mol. The molecule has 35 heavy (non-hydrogen) atoms. The Kier molecular flexibility index (Phi) is 7.32. The summed E-state index contributed by atoms with van der Waals surface area (Å²) in [5.41, 5.74) is 0.356. The van der Waals surface area contributed by atoms with Crippen LogP contribution in [-0.4, -0.2) is 57.4 Å². The van der Waals surface area contributed by atoms with Gasteiger partial charge >= 0.3 is 11.3 Å². The number of aromatic hydroxyl groups is 1. The van der Waals surface area contributed by atoms with Crippen LogP contribution in [0, 0.1) is 0 Å². The summed E-state index contributed by atoms with van der Waals surface area (Å²) in [6, 6.07) is 13.2. The molecule has 2 heterocycles. The van der Waals surface area contributed by atoms with Gasteiger partial charge in [0.15, 0.2) is 5.58 Å². The molecule has 0 amide bonds. The van der Waals surface area contributed by atoms with E-state index in [1.807, 2.05) is 12.1 Å². The van der Waals surface area contributed by atoms with Gasteiger partial charge in [-0.25, -0.2) is 14.4 Å². The normalized spacial score (nSPS) is 12.0. The fraction of sp³-hybridized carbons (Fsp3) is 0.308. The molecule has 0 radical (unpaired) electrons. The van der Waals surface area contributed by atoms with Crippen LogP contribution in [0.15, 0.2) is 67.0 Å². The second-order valence-corrected chi connectivity index (χ2v) is 8.24. The van der Waals surface area contributed by atoms with Crippen molar-refractivity contribution >= 4 is 21.9 Å². The van der Waals surface area contributed by atoms with Crippen molar-refractivity contribution in [1.82, 2.24) is 0 Å². The molecule has 0 aliphatic carbocycles. The Labute approximate surface area is 201 Å². The lowest BCUT2D eigenvalue weighted by molar-refractivity contribution is -1.11. The van der Waals surface area contributed by atoms with Gasteiger partial charge in [-0.3, -0.25) is 0 Å². The van der Waals surface area contributed by atoms with Crippen LogP contribution in [0.25, 0.3) is 33.1 Å². The summed E-state index contributed by atoms with van der Waals surface area (Å²) in [4.78, 5) is 31.3. The van der Waals surface area contributed by atoms with Crippen molar-refractivity contribution in [3.8, 4) is 16.9 Å². The Bertz CT molecular complexity index is 1450. The maximum absolute atomic E-state index is 12.9. The largest absolute Gasteiger partial charge is 0.507 e. The predicted octanol–water partition coefficient (Wildman–Crippen LogP) is 3.44. The van der Waals surface area contributed by atoms with Crippen LogP contribution >= 0.6 is 0 Å². The maximum atomic E-state index is 12.9. The Morgan fingerprint density at radius 1 is 0.886 bits per heavy atom. The van der Waals surface area contributed by atoms with Gasteiger partial charge in [0.2, 0.25) is 0 Å². The van der Waals surface area contributed by atoms with Crippen molar-refractivity contribution in [2.75, 3.05) is 47.6 Å². The molecule has 0 saturated carbocycles. The third-order valence-corrected chi connectivity index (χ3v) is 6.16. The molecular formula is C26H28NO8+. The molecule has 0 unspecified atom stereocenters. The van der Waals surface area contributed by atoms with E-state index in [0.717, 1.165) is 5.39 Å². The summed E-state index contributed by atoms with van der Waals surface area (Å²) in [6.45, 7) is 1.90. The molecule has 184 valence electrons. The van der Waals surface area contributed by atoms with Crippen LogP contribution < -0.4 is 11.3 Å². The number of benzene rings is 2. The Balaban J connectivity index is 1.92. The van der Waals surface area contributed by atoms with E-state index in [1.165, 1.54) is 12.1 Å². The Morgan fingerprint density at radius 3 is 2.29 bits per heavy atom. The van der Waals surface area contributed by atoms with E-state index in [1.54, 1.807) is 45.6 Å². The third kappa shape index (κ3) is 4.98. The van der Waals surface area contributed by atoms with Gasteiger partial charge in [-0.05, 0) is 24.3 Å². The molecule has 0 aliphatic rings. The van der Waals surface area contributed by atoms with Crippen LogP contribution in [0.4, 0.5) is 0 Å². The molecule has 0 spiro atoms. The third-order valence-electron chi connectivity index (χ3n) is 6.16. The minimum atomic E-state index is -0.656. The number of para-hydroxylation sites is 1. The number of nitrogens with zero attached hydrogens (tertiary/aromatic N) is 1. The number of hydrogen-bond donors (Lipinski definition) is 1. The number of rotatable bonds is 10. The summed E-state index contributed by atoms with van der Waals surface area (Å²) < 4.78 is 21.7. The highest BCUT2D eigenvalue weighted by Crippen LogP contribution is 2.35. The summed E-state index contributed by atoms with van der Waals surface area (Å²) in [5, 5.41) is 12.0. The Hall–Kier alpha value is -3.50. The molecule has 0 saturated heterocycles. The van der Waals surface area contributed by atoms with Crippen molar-refractivity contribution in [2.24, 2.45) is 0 Å². The number of fused-ring (bicyclic) bond motifs is 2. The highest BCUT2D eigenvalue weighted by Gasteiger charge is 2.32. The van der Waals surface area contributed by atoms with Crippen molar-refractivity contribution in [1.29, 1.82) is 0 Å². The molecule has 9 nitrogen and oxygen atoms in total. The topological polar surface area (TPSA) is 108 Å². The molecule has 4 aromatic rings. The van der Waals surface area contributed by atoms with Crippen molar-refractivity contribution in [3.63, 3.8) is 0 Å². The molecule has 0 bridgehead atoms. The van der Waals surface area contributed by atoms with E-state index in [4.69, 9.17) is 23.1 Å². The second kappa shape index (κ2) is 10.4. The average molecular weight is 483 g/mol. The monoisotopic (exact) mass is 482 g/mol. The van der Waals surface area contributed by atoms with E-state index in [0.29, 0.717) is 48.4 Å². The zero-order chi connectivity index (χ0) is 25.0. The first-order valence-electron chi connectivity index (χ1n) is 11.1. The van der Waals surface area contributed by atoms with Crippen molar-refractivity contribution in [2.45, 2.75) is 6.54 Å². The summed E-state index contributed by atoms with van der Waals surface area (Å²) in [6.07, 6.45) is 0. The number of hydrogen-bond acceptors (Lipinski definition) is 8. The first-order chi connectivity index (χ1) is 16.9. The predicted molar refractivity (Wildman–Crippen MR) is 130 cm³/mol. The molecule has 0 aliphatic heterocycles. The van der Waals surface area contributed by atoms with E-state index >= 15 is 0 Å². The van der Waals surface area contributed by atoms with Gasteiger partial charge in [0.1, 0.15) is 31.0 Å². The van der Waals surface area contributed by atoms with E-state index in [9.17, 15) is 14.7 Å². The van der Waals surface area contributed by atoms with Gasteiger partial charge in [-0.15, -0.1) is 0 Å². The SMILES string of the molecule is COCC[N+](CCOC)(Cc1c(O)ccc2c(-c3cc4ccccc4oc3=O)cc(=O)oc12)OC. The molecule has 9 heteroatoms. The number of phenols is 1. The van der Waals surface area contributed by atoms with Gasteiger partial charge in [0.25, 0.3) is 0 Å². The minimum Gasteiger partial charge on any atom is -0.507 e. The van der Waals surface area contributed by atoms with Gasteiger partial charge in [-0.1, -0.05) is 18.2 Å². The molecule has 0 atom stereocenters. The first kappa shape index (κ1) is 24.6.